The number of methoxy groups -OCH3 is 2. The normalized spacial score (nSPS) is 14.5. The van der Waals surface area contributed by atoms with Crippen molar-refractivity contribution < 1.29 is 38.2 Å². The van der Waals surface area contributed by atoms with Gasteiger partial charge in [0.15, 0.2) is 0 Å². The third-order valence-corrected chi connectivity index (χ3v) is 3.35. The maximum Gasteiger partial charge on any atom is 0.488 e. The zero-order valence-corrected chi connectivity index (χ0v) is 13.0. The summed E-state index contributed by atoms with van der Waals surface area (Å²) in [6.45, 7) is -0.353. The molecule has 0 radical (unpaired) electrons. The molecule has 0 amide bonds. The van der Waals surface area contributed by atoms with Crippen molar-refractivity contribution in [1.29, 1.82) is 0 Å². The molecule has 0 bridgehead atoms. The number of hydrogen-bond acceptors (Lipinski definition) is 8. The molecule has 0 saturated carbocycles. The molecule has 1 aromatic rings. The number of hydrogen-bond donors (Lipinski definition) is 2. The summed E-state index contributed by atoms with van der Waals surface area (Å²) in [7, 11) is 0.369. The van der Waals surface area contributed by atoms with E-state index in [4.69, 9.17) is 4.74 Å². The number of esters is 2. The summed E-state index contributed by atoms with van der Waals surface area (Å²) in [5, 5.41) is 18.5. The van der Waals surface area contributed by atoms with Crippen molar-refractivity contribution in [3.05, 3.63) is 35.3 Å². The number of rotatable bonds is 4. The first-order chi connectivity index (χ1) is 11.4. The van der Waals surface area contributed by atoms with E-state index in [1.54, 1.807) is 0 Å². The molecule has 1 aliphatic rings. The maximum absolute atomic E-state index is 13.8. The van der Waals surface area contributed by atoms with E-state index in [0.717, 1.165) is 26.4 Å². The molecule has 0 saturated heterocycles. The van der Waals surface area contributed by atoms with Gasteiger partial charge in [0.1, 0.15) is 18.2 Å². The summed E-state index contributed by atoms with van der Waals surface area (Å²) < 4.78 is 28.3. The van der Waals surface area contributed by atoms with E-state index in [9.17, 15) is 24.0 Å². The highest BCUT2D eigenvalue weighted by Crippen LogP contribution is 2.26. The second kappa shape index (κ2) is 7.43. The van der Waals surface area contributed by atoms with Crippen molar-refractivity contribution in [2.75, 3.05) is 32.5 Å². The maximum atomic E-state index is 13.8. The smallest absolute Gasteiger partial charge is 0.466 e. The predicted molar refractivity (Wildman–Crippen MR) is 80.6 cm³/mol. The van der Waals surface area contributed by atoms with Gasteiger partial charge in [-0.25, -0.2) is 14.0 Å². The summed E-state index contributed by atoms with van der Waals surface area (Å²) in [5.74, 6) is -2.39. The van der Waals surface area contributed by atoms with Gasteiger partial charge in [0, 0.05) is 5.69 Å². The van der Waals surface area contributed by atoms with Crippen LogP contribution >= 0.6 is 0 Å². The Kier molecular flexibility index (Phi) is 5.55. The highest BCUT2D eigenvalue weighted by molar-refractivity contribution is 6.58. The van der Waals surface area contributed by atoms with Crippen LogP contribution < -0.4 is 10.4 Å². The fourth-order valence-electron chi connectivity index (χ4n) is 2.25. The largest absolute Gasteiger partial charge is 0.488 e. The van der Waals surface area contributed by atoms with E-state index in [0.29, 0.717) is 0 Å². The van der Waals surface area contributed by atoms with Crippen molar-refractivity contribution in [2.24, 2.45) is 0 Å². The average Bonchev–Trinajstić information content (AvgIpc) is 2.59. The van der Waals surface area contributed by atoms with Crippen LogP contribution in [0, 0.1) is 5.82 Å². The monoisotopic (exact) mass is 339 g/mol. The molecule has 2 rings (SSSR count). The first-order valence-corrected chi connectivity index (χ1v) is 6.80. The van der Waals surface area contributed by atoms with Gasteiger partial charge in [0.2, 0.25) is 0 Å². The Morgan fingerprint density at radius 3 is 2.46 bits per heavy atom. The summed E-state index contributed by atoms with van der Waals surface area (Å²) in [6.07, 6.45) is 0. The molecule has 1 aromatic carbocycles. The van der Waals surface area contributed by atoms with E-state index < -0.39 is 24.9 Å². The second-order valence-electron chi connectivity index (χ2n) is 4.83. The lowest BCUT2D eigenvalue weighted by atomic mass is 9.80. The van der Waals surface area contributed by atoms with Crippen molar-refractivity contribution in [3.63, 3.8) is 0 Å². The Morgan fingerprint density at radius 2 is 1.88 bits per heavy atom. The van der Waals surface area contributed by atoms with E-state index >= 15 is 0 Å². The van der Waals surface area contributed by atoms with Crippen LogP contribution in [0.3, 0.4) is 0 Å². The summed E-state index contributed by atoms with van der Waals surface area (Å²) in [6, 6.07) is 3.24. The van der Waals surface area contributed by atoms with Crippen molar-refractivity contribution in [1.82, 2.24) is 0 Å². The molecule has 0 aliphatic carbocycles. The zero-order valence-electron chi connectivity index (χ0n) is 13.0. The number of anilines is 1. The summed E-state index contributed by atoms with van der Waals surface area (Å²) >= 11 is 0. The first-order valence-electron chi connectivity index (χ1n) is 6.80. The third kappa shape index (κ3) is 3.56. The summed E-state index contributed by atoms with van der Waals surface area (Å²) in [4.78, 5) is 25.2. The van der Waals surface area contributed by atoms with Crippen molar-refractivity contribution in [2.45, 2.75) is 0 Å². The van der Waals surface area contributed by atoms with Crippen LogP contribution in [0.25, 0.3) is 0 Å². The molecule has 0 fully saturated rings. The predicted octanol–water partition coefficient (Wildman–Crippen LogP) is -1.10. The minimum atomic E-state index is -1.91. The van der Waals surface area contributed by atoms with Gasteiger partial charge in [-0.1, -0.05) is 0 Å². The molecular weight excluding hydrogens is 324 g/mol. The van der Waals surface area contributed by atoms with E-state index in [2.05, 4.69) is 9.47 Å². The molecule has 10 heteroatoms. The van der Waals surface area contributed by atoms with Crippen LogP contribution in [0.5, 0.6) is 0 Å². The van der Waals surface area contributed by atoms with Crippen LogP contribution in [0.15, 0.2) is 29.5 Å². The Balaban J connectivity index is 2.59. The number of ether oxygens (including phenoxy) is 3. The quantitative estimate of drug-likeness (QED) is 0.526. The second-order valence-corrected chi connectivity index (χ2v) is 4.83. The van der Waals surface area contributed by atoms with Gasteiger partial charge >= 0.3 is 19.1 Å². The van der Waals surface area contributed by atoms with Crippen LogP contribution in [-0.2, 0) is 23.8 Å². The van der Waals surface area contributed by atoms with Gasteiger partial charge in [-0.15, -0.1) is 0 Å². The minimum absolute atomic E-state index is 0.0830. The minimum Gasteiger partial charge on any atom is -0.466 e. The third-order valence-electron chi connectivity index (χ3n) is 3.35. The molecule has 1 heterocycles. The average molecular weight is 339 g/mol. The lowest BCUT2D eigenvalue weighted by Gasteiger charge is -2.31. The number of nitrogens with zero attached hydrogens (tertiary/aromatic N) is 1. The Bertz CT molecular complexity index is 692. The standard InChI is InChI=1S/C14H15BFNO7/c1-22-13(18)11-6-24-7-17(12(11)14(19)23-2)10-4-8(15(20)21)3-9(16)5-10/h3-5,20-21H,6-7H2,1-2H3. The van der Waals surface area contributed by atoms with Crippen molar-refractivity contribution in [3.8, 4) is 0 Å². The van der Waals surface area contributed by atoms with Crippen LogP contribution in [0.1, 0.15) is 0 Å². The number of carbonyl (C=O) groups is 2. The zero-order chi connectivity index (χ0) is 17.9. The lowest BCUT2D eigenvalue weighted by Crippen LogP contribution is -2.40. The highest BCUT2D eigenvalue weighted by Gasteiger charge is 2.33. The summed E-state index contributed by atoms with van der Waals surface area (Å²) in [5.41, 5.74) is -0.301. The molecule has 24 heavy (non-hydrogen) atoms. The van der Waals surface area contributed by atoms with Gasteiger partial charge in [-0.2, -0.15) is 0 Å². The first kappa shape index (κ1) is 17.9. The van der Waals surface area contributed by atoms with Gasteiger partial charge in [-0.05, 0) is 23.7 Å². The Labute approximate surface area is 137 Å². The number of carbonyl (C=O) groups excluding carboxylic acids is 2. The van der Waals surface area contributed by atoms with Crippen LogP contribution in [0.4, 0.5) is 10.1 Å². The fourth-order valence-corrected chi connectivity index (χ4v) is 2.25. The van der Waals surface area contributed by atoms with Gasteiger partial charge < -0.3 is 29.2 Å². The van der Waals surface area contributed by atoms with Gasteiger partial charge in [0.25, 0.3) is 0 Å². The van der Waals surface area contributed by atoms with Crippen LogP contribution in [0.2, 0.25) is 0 Å². The Hall–Kier alpha value is -2.43. The molecule has 0 unspecified atom stereocenters. The SMILES string of the molecule is COC(=O)C1=C(C(=O)OC)N(c2cc(F)cc(B(O)O)c2)COC1. The van der Waals surface area contributed by atoms with E-state index in [1.807, 2.05) is 0 Å². The van der Waals surface area contributed by atoms with Crippen LogP contribution in [-0.4, -0.2) is 56.7 Å². The molecule has 8 nitrogen and oxygen atoms in total. The molecule has 128 valence electrons. The van der Waals surface area contributed by atoms with E-state index in [-0.39, 0.29) is 35.8 Å². The molecule has 1 aliphatic heterocycles. The van der Waals surface area contributed by atoms with Gasteiger partial charge in [0.05, 0.1) is 26.4 Å². The van der Waals surface area contributed by atoms with E-state index in [1.165, 1.54) is 11.0 Å². The Morgan fingerprint density at radius 1 is 1.21 bits per heavy atom. The number of halogens is 1. The van der Waals surface area contributed by atoms with Crippen molar-refractivity contribution >= 4 is 30.2 Å². The fraction of sp³-hybridized carbons (Fsp3) is 0.286. The molecule has 2 N–H and O–H groups in total. The molecular formula is C14H15BFNO7. The lowest BCUT2D eigenvalue weighted by molar-refractivity contribution is -0.140. The number of benzene rings is 1. The van der Waals surface area contributed by atoms with Gasteiger partial charge in [-0.3, -0.25) is 0 Å². The highest BCUT2D eigenvalue weighted by atomic mass is 19.1. The molecule has 0 aromatic heterocycles. The molecule has 0 atom stereocenters. The molecule has 0 spiro atoms. The topological polar surface area (TPSA) is 106 Å².